The second kappa shape index (κ2) is 11.8. The molecule has 0 bridgehead atoms. The fraction of sp³-hybridized carbons (Fsp3) is 0.188. The number of amides is 1. The standard InChI is InChI=1S/C32H29ClN2O5S/c1-2-3-12-27-26(21-8-5-4-6-9-21)14-15-28(30(27)32(37)38)34-31(36)23-10-7-11-25(20-23)41(39,40)35-18-17-22-19-24(33)13-16-29(22)35/h4-11,13-16,19-20H,2-3,12,17-18H2,1H3,(H,34,36)(H,37,38). The molecular weight excluding hydrogens is 560 g/mol. The third-order valence-electron chi connectivity index (χ3n) is 7.22. The predicted molar refractivity (Wildman–Crippen MR) is 162 cm³/mol. The molecule has 0 aliphatic carbocycles. The lowest BCUT2D eigenvalue weighted by Crippen LogP contribution is -2.29. The van der Waals surface area contributed by atoms with Gasteiger partial charge in [0.05, 0.1) is 21.8 Å². The molecular formula is C32H29ClN2O5S. The van der Waals surface area contributed by atoms with Gasteiger partial charge in [-0.25, -0.2) is 13.2 Å². The number of halogens is 1. The van der Waals surface area contributed by atoms with Crippen molar-refractivity contribution in [3.8, 4) is 11.1 Å². The average molecular weight is 589 g/mol. The van der Waals surface area contributed by atoms with Crippen LogP contribution in [-0.4, -0.2) is 31.9 Å². The lowest BCUT2D eigenvalue weighted by Gasteiger charge is -2.20. The molecule has 210 valence electrons. The third kappa shape index (κ3) is 5.71. The zero-order valence-electron chi connectivity index (χ0n) is 22.4. The molecule has 0 saturated heterocycles. The Kier molecular flexibility index (Phi) is 8.15. The summed E-state index contributed by atoms with van der Waals surface area (Å²) >= 11 is 6.08. The van der Waals surface area contributed by atoms with Gasteiger partial charge < -0.3 is 10.4 Å². The zero-order valence-corrected chi connectivity index (χ0v) is 24.0. The van der Waals surface area contributed by atoms with E-state index in [0.29, 0.717) is 29.1 Å². The van der Waals surface area contributed by atoms with E-state index in [1.165, 1.54) is 28.6 Å². The topological polar surface area (TPSA) is 104 Å². The lowest BCUT2D eigenvalue weighted by molar-refractivity contribution is 0.0697. The van der Waals surface area contributed by atoms with E-state index in [2.05, 4.69) is 5.32 Å². The molecule has 0 aromatic heterocycles. The van der Waals surface area contributed by atoms with Crippen molar-refractivity contribution < 1.29 is 23.1 Å². The van der Waals surface area contributed by atoms with Gasteiger partial charge in [0.15, 0.2) is 0 Å². The predicted octanol–water partition coefficient (Wildman–Crippen LogP) is 7.05. The number of benzene rings is 4. The molecule has 4 aromatic rings. The number of carboxylic acids is 1. The molecule has 0 saturated carbocycles. The second-order valence-electron chi connectivity index (χ2n) is 9.87. The monoisotopic (exact) mass is 588 g/mol. The van der Waals surface area contributed by atoms with E-state index < -0.39 is 21.9 Å². The van der Waals surface area contributed by atoms with Gasteiger partial charge in [-0.3, -0.25) is 9.10 Å². The van der Waals surface area contributed by atoms with Crippen LogP contribution in [0.2, 0.25) is 5.02 Å². The maximum Gasteiger partial charge on any atom is 0.338 e. The smallest absolute Gasteiger partial charge is 0.338 e. The summed E-state index contributed by atoms with van der Waals surface area (Å²) in [6.07, 6.45) is 2.72. The summed E-state index contributed by atoms with van der Waals surface area (Å²) in [5.74, 6) is -1.75. The molecule has 1 heterocycles. The Morgan fingerprint density at radius 3 is 2.49 bits per heavy atom. The molecule has 0 radical (unpaired) electrons. The molecule has 0 fully saturated rings. The normalized spacial score (nSPS) is 12.7. The average Bonchev–Trinajstić information content (AvgIpc) is 3.40. The fourth-order valence-corrected chi connectivity index (χ4v) is 6.95. The summed E-state index contributed by atoms with van der Waals surface area (Å²) in [6, 6.07) is 23.8. The fourth-order valence-electron chi connectivity index (χ4n) is 5.21. The van der Waals surface area contributed by atoms with Crippen LogP contribution in [0.25, 0.3) is 11.1 Å². The molecule has 9 heteroatoms. The van der Waals surface area contributed by atoms with E-state index >= 15 is 0 Å². The minimum atomic E-state index is -3.95. The van der Waals surface area contributed by atoms with Gasteiger partial charge >= 0.3 is 5.97 Å². The molecule has 0 atom stereocenters. The number of rotatable bonds is 9. The number of hydrogen-bond acceptors (Lipinski definition) is 4. The number of fused-ring (bicyclic) bond motifs is 1. The van der Waals surface area contributed by atoms with Crippen LogP contribution < -0.4 is 9.62 Å². The van der Waals surface area contributed by atoms with E-state index in [4.69, 9.17) is 11.6 Å². The van der Waals surface area contributed by atoms with Gasteiger partial charge in [-0.05, 0) is 84.0 Å². The summed E-state index contributed by atoms with van der Waals surface area (Å²) in [5.41, 5.74) is 4.03. The van der Waals surface area contributed by atoms with E-state index in [1.54, 1.807) is 24.3 Å². The highest BCUT2D eigenvalue weighted by molar-refractivity contribution is 7.92. The van der Waals surface area contributed by atoms with E-state index in [9.17, 15) is 23.1 Å². The molecule has 0 spiro atoms. The van der Waals surface area contributed by atoms with Crippen molar-refractivity contribution in [3.05, 3.63) is 112 Å². The SMILES string of the molecule is CCCCc1c(-c2ccccc2)ccc(NC(=O)c2cccc(S(=O)(=O)N3CCc4cc(Cl)ccc43)c2)c1C(=O)O. The van der Waals surface area contributed by atoms with Gasteiger partial charge in [-0.1, -0.05) is 67.4 Å². The van der Waals surface area contributed by atoms with Crippen LogP contribution >= 0.6 is 11.6 Å². The summed E-state index contributed by atoms with van der Waals surface area (Å²) < 4.78 is 28.4. The molecule has 4 aromatic carbocycles. The molecule has 2 N–H and O–H groups in total. The van der Waals surface area contributed by atoms with Crippen LogP contribution in [0.4, 0.5) is 11.4 Å². The quantitative estimate of drug-likeness (QED) is 0.218. The van der Waals surface area contributed by atoms with Crippen LogP contribution in [-0.2, 0) is 22.9 Å². The van der Waals surface area contributed by atoms with Crippen molar-refractivity contribution >= 4 is 44.9 Å². The van der Waals surface area contributed by atoms with E-state index in [1.807, 2.05) is 43.3 Å². The van der Waals surface area contributed by atoms with Crippen molar-refractivity contribution in [2.45, 2.75) is 37.5 Å². The minimum absolute atomic E-state index is 0.0317. The van der Waals surface area contributed by atoms with Gasteiger partial charge in [0.1, 0.15) is 0 Å². The number of nitrogens with zero attached hydrogens (tertiary/aromatic N) is 1. The summed E-state index contributed by atoms with van der Waals surface area (Å²) in [5, 5.41) is 13.5. The van der Waals surface area contributed by atoms with Gasteiger partial charge in [0.25, 0.3) is 15.9 Å². The number of nitrogens with one attached hydrogen (secondary N) is 1. The number of anilines is 2. The Balaban J connectivity index is 1.48. The first kappa shape index (κ1) is 28.4. The Morgan fingerprint density at radius 2 is 1.76 bits per heavy atom. The van der Waals surface area contributed by atoms with Crippen LogP contribution in [0, 0.1) is 0 Å². The van der Waals surface area contributed by atoms with E-state index in [0.717, 1.165) is 29.5 Å². The van der Waals surface area contributed by atoms with E-state index in [-0.39, 0.29) is 28.3 Å². The van der Waals surface area contributed by atoms with Crippen molar-refractivity contribution in [2.75, 3.05) is 16.2 Å². The van der Waals surface area contributed by atoms with Crippen molar-refractivity contribution in [3.63, 3.8) is 0 Å². The molecule has 7 nitrogen and oxygen atoms in total. The van der Waals surface area contributed by atoms with Crippen molar-refractivity contribution in [1.29, 1.82) is 0 Å². The Morgan fingerprint density at radius 1 is 0.976 bits per heavy atom. The van der Waals surface area contributed by atoms with Crippen LogP contribution in [0.15, 0.2) is 89.8 Å². The highest BCUT2D eigenvalue weighted by Gasteiger charge is 2.31. The molecule has 1 aliphatic rings. The molecule has 41 heavy (non-hydrogen) atoms. The van der Waals surface area contributed by atoms with Gasteiger partial charge in [-0.15, -0.1) is 0 Å². The second-order valence-corrected chi connectivity index (χ2v) is 12.2. The highest BCUT2D eigenvalue weighted by atomic mass is 35.5. The maximum atomic E-state index is 13.6. The molecule has 5 rings (SSSR count). The first-order valence-electron chi connectivity index (χ1n) is 13.4. The first-order valence-corrected chi connectivity index (χ1v) is 15.2. The van der Waals surface area contributed by atoms with Crippen LogP contribution in [0.3, 0.4) is 0 Å². The molecule has 0 unspecified atom stereocenters. The number of carbonyl (C=O) groups is 2. The number of hydrogen-bond donors (Lipinski definition) is 2. The van der Waals surface area contributed by atoms with Crippen molar-refractivity contribution in [1.82, 2.24) is 0 Å². The van der Waals surface area contributed by atoms with Gasteiger partial charge in [0.2, 0.25) is 0 Å². The van der Waals surface area contributed by atoms with Gasteiger partial charge in [-0.2, -0.15) is 0 Å². The molecule has 1 aliphatic heterocycles. The number of unbranched alkanes of at least 4 members (excludes halogenated alkanes) is 1. The first-order chi connectivity index (χ1) is 19.7. The largest absolute Gasteiger partial charge is 0.478 e. The number of carbonyl (C=O) groups excluding carboxylic acids is 1. The number of sulfonamides is 1. The summed E-state index contributed by atoms with van der Waals surface area (Å²) in [6.45, 7) is 2.30. The van der Waals surface area contributed by atoms with Gasteiger partial charge in [0, 0.05) is 17.1 Å². The Labute approximate surface area is 244 Å². The Hall–Kier alpha value is -4.14. The Bertz CT molecular complexity index is 1740. The third-order valence-corrected chi connectivity index (χ3v) is 9.26. The molecule has 1 amide bonds. The van der Waals surface area contributed by atoms with Crippen molar-refractivity contribution in [2.24, 2.45) is 0 Å². The highest BCUT2D eigenvalue weighted by Crippen LogP contribution is 2.35. The zero-order chi connectivity index (χ0) is 29.1. The van der Waals surface area contributed by atoms with Crippen LogP contribution in [0.5, 0.6) is 0 Å². The maximum absolute atomic E-state index is 13.6. The minimum Gasteiger partial charge on any atom is -0.478 e. The van der Waals surface area contributed by atoms with Crippen LogP contribution in [0.1, 0.15) is 51.6 Å². The summed E-state index contributed by atoms with van der Waals surface area (Å²) in [4.78, 5) is 25.9. The number of carboxylic acid groups (broad SMARTS) is 1. The number of aromatic carboxylic acids is 1. The lowest BCUT2D eigenvalue weighted by atomic mass is 9.90. The summed E-state index contributed by atoms with van der Waals surface area (Å²) in [7, 11) is -3.95.